The van der Waals surface area contributed by atoms with Crippen LogP contribution in [0.15, 0.2) is 66.7 Å². The molecular weight excluding hydrogens is 637 g/mol. The summed E-state index contributed by atoms with van der Waals surface area (Å²) in [5, 5.41) is 21.5. The highest BCUT2D eigenvalue weighted by Crippen LogP contribution is 2.33. The van der Waals surface area contributed by atoms with Crippen LogP contribution in [0.3, 0.4) is 0 Å². The number of hydrogen-bond donors (Lipinski definition) is 6. The van der Waals surface area contributed by atoms with E-state index in [1.54, 1.807) is 0 Å². The topological polar surface area (TPSA) is 72.2 Å². The van der Waals surface area contributed by atoms with Crippen molar-refractivity contribution < 1.29 is 0 Å². The second-order valence-corrected chi connectivity index (χ2v) is 16.1. The molecule has 0 aromatic heterocycles. The first-order chi connectivity index (χ1) is 25.2. The number of hydrogen-bond acceptors (Lipinski definition) is 6. The summed E-state index contributed by atoms with van der Waals surface area (Å²) in [6.45, 7) is 28.7. The number of nitrogens with one attached hydrogen (secondary N) is 6. The molecule has 0 bridgehead atoms. The maximum absolute atomic E-state index is 3.63. The minimum absolute atomic E-state index is 0.0661. The molecule has 6 heteroatoms. The van der Waals surface area contributed by atoms with Gasteiger partial charge < -0.3 is 31.9 Å². The van der Waals surface area contributed by atoms with Gasteiger partial charge in [0.05, 0.1) is 0 Å². The Morgan fingerprint density at radius 3 is 1.13 bits per heavy atom. The lowest BCUT2D eigenvalue weighted by Crippen LogP contribution is -2.27. The molecule has 0 amide bonds. The average molecular weight is 713 g/mol. The summed E-state index contributed by atoms with van der Waals surface area (Å²) in [7, 11) is 0. The Labute approximate surface area is 319 Å². The third kappa shape index (κ3) is 18.0. The largest absolute Gasteiger partial charge is 0.317 e. The van der Waals surface area contributed by atoms with E-state index in [1.165, 1.54) is 64.6 Å². The highest BCUT2D eigenvalue weighted by molar-refractivity contribution is 5.75. The molecule has 6 N–H and O–H groups in total. The van der Waals surface area contributed by atoms with Crippen LogP contribution in [-0.4, -0.2) is 65.4 Å². The lowest BCUT2D eigenvalue weighted by Gasteiger charge is -2.22. The second-order valence-electron chi connectivity index (χ2n) is 16.1. The summed E-state index contributed by atoms with van der Waals surface area (Å²) in [5.41, 5.74) is 9.20. The molecule has 0 aliphatic rings. The van der Waals surface area contributed by atoms with E-state index in [1.807, 2.05) is 0 Å². The number of benzene rings is 3. The first-order valence-electron chi connectivity index (χ1n) is 20.8. The van der Waals surface area contributed by atoms with Gasteiger partial charge in [-0.05, 0) is 153 Å². The van der Waals surface area contributed by atoms with Crippen LogP contribution in [0.1, 0.15) is 104 Å². The van der Waals surface area contributed by atoms with Crippen LogP contribution in [0.25, 0.3) is 22.3 Å². The molecule has 52 heavy (non-hydrogen) atoms. The minimum atomic E-state index is 0.0661. The number of rotatable bonds is 28. The molecule has 0 spiro atoms. The van der Waals surface area contributed by atoms with Gasteiger partial charge in [0, 0.05) is 13.1 Å². The maximum atomic E-state index is 3.63. The molecule has 0 aliphatic heterocycles. The van der Waals surface area contributed by atoms with Gasteiger partial charge in [-0.3, -0.25) is 0 Å². The van der Waals surface area contributed by atoms with Crippen molar-refractivity contribution in [3.8, 4) is 22.3 Å². The Morgan fingerprint density at radius 1 is 0.442 bits per heavy atom. The van der Waals surface area contributed by atoms with E-state index in [0.29, 0.717) is 0 Å². The van der Waals surface area contributed by atoms with Gasteiger partial charge in [0.15, 0.2) is 0 Å². The van der Waals surface area contributed by atoms with E-state index < -0.39 is 0 Å². The van der Waals surface area contributed by atoms with Gasteiger partial charge in [0.2, 0.25) is 0 Å². The summed E-state index contributed by atoms with van der Waals surface area (Å²) in [6, 6.07) is 25.4. The Balaban J connectivity index is 1.40. The van der Waals surface area contributed by atoms with Crippen LogP contribution in [0.4, 0.5) is 0 Å². The zero-order valence-corrected chi connectivity index (χ0v) is 34.2. The molecule has 0 heterocycles. The van der Waals surface area contributed by atoms with Gasteiger partial charge in [0.1, 0.15) is 0 Å². The summed E-state index contributed by atoms with van der Waals surface area (Å²) in [5.74, 6) is 1.55. The standard InChI is InChI=1S/C46H76N6/c1-8-37(3)33-49-26-10-22-47-24-12-28-51-35-39-14-18-41(19-15-39)43-30-44(32-45(31-43)46(5,6)7)42-20-16-40(17-21-42)36-52-29-13-25-48-23-11-27-50-34-38(4)9-2/h14-21,30-32,37-38,47-52H,8-13,22-29,33-36H2,1-7H3. The fourth-order valence-electron chi connectivity index (χ4n) is 6.08. The molecule has 0 saturated carbocycles. The lowest BCUT2D eigenvalue weighted by molar-refractivity contribution is 0.488. The fourth-order valence-corrected chi connectivity index (χ4v) is 6.08. The van der Waals surface area contributed by atoms with Crippen molar-refractivity contribution in [1.82, 2.24) is 31.9 Å². The normalized spacial score (nSPS) is 13.1. The molecule has 3 aromatic rings. The lowest BCUT2D eigenvalue weighted by atomic mass is 9.83. The molecule has 0 aliphatic carbocycles. The smallest absolute Gasteiger partial charge is 0.0205 e. The quantitative estimate of drug-likeness (QED) is 0.0425. The van der Waals surface area contributed by atoms with Gasteiger partial charge in [0.25, 0.3) is 0 Å². The van der Waals surface area contributed by atoms with Crippen molar-refractivity contribution in [3.05, 3.63) is 83.4 Å². The molecular formula is C46H76N6. The molecule has 0 radical (unpaired) electrons. The van der Waals surface area contributed by atoms with Gasteiger partial charge in [-0.15, -0.1) is 0 Å². The van der Waals surface area contributed by atoms with Gasteiger partial charge in [-0.25, -0.2) is 0 Å². The zero-order valence-electron chi connectivity index (χ0n) is 34.2. The predicted molar refractivity (Wildman–Crippen MR) is 228 cm³/mol. The Bertz CT molecular complexity index is 1240. The van der Waals surface area contributed by atoms with Gasteiger partial charge in [-0.1, -0.05) is 122 Å². The summed E-state index contributed by atoms with van der Waals surface area (Å²) in [4.78, 5) is 0. The van der Waals surface area contributed by atoms with Gasteiger partial charge in [-0.2, -0.15) is 0 Å². The highest BCUT2D eigenvalue weighted by Gasteiger charge is 2.17. The van der Waals surface area contributed by atoms with Crippen LogP contribution in [0.5, 0.6) is 0 Å². The maximum Gasteiger partial charge on any atom is 0.0205 e. The van der Waals surface area contributed by atoms with E-state index in [4.69, 9.17) is 0 Å². The summed E-state index contributed by atoms with van der Waals surface area (Å²) >= 11 is 0. The molecule has 2 atom stereocenters. The first kappa shape index (κ1) is 43.8. The Hall–Kier alpha value is -2.58. The highest BCUT2D eigenvalue weighted by atomic mass is 14.9. The molecule has 0 fully saturated rings. The van der Waals surface area contributed by atoms with Crippen molar-refractivity contribution >= 4 is 0 Å². The monoisotopic (exact) mass is 713 g/mol. The van der Waals surface area contributed by atoms with Crippen molar-refractivity contribution in [1.29, 1.82) is 0 Å². The van der Waals surface area contributed by atoms with Crippen LogP contribution in [-0.2, 0) is 18.5 Å². The van der Waals surface area contributed by atoms with Crippen molar-refractivity contribution in [2.45, 2.75) is 105 Å². The van der Waals surface area contributed by atoms with E-state index in [9.17, 15) is 0 Å². The van der Waals surface area contributed by atoms with Crippen LogP contribution in [0.2, 0.25) is 0 Å². The molecule has 3 aromatic carbocycles. The molecule has 290 valence electrons. The van der Waals surface area contributed by atoms with Crippen molar-refractivity contribution in [3.63, 3.8) is 0 Å². The Kier molecular flexibility index (Phi) is 21.4. The van der Waals surface area contributed by atoms with Crippen molar-refractivity contribution in [2.24, 2.45) is 11.8 Å². The van der Waals surface area contributed by atoms with E-state index in [-0.39, 0.29) is 5.41 Å². The minimum Gasteiger partial charge on any atom is -0.317 e. The molecule has 6 nitrogen and oxygen atoms in total. The third-order valence-corrected chi connectivity index (χ3v) is 10.2. The predicted octanol–water partition coefficient (Wildman–Crippen LogP) is 8.51. The van der Waals surface area contributed by atoms with Crippen LogP contribution >= 0.6 is 0 Å². The second kappa shape index (κ2) is 25.4. The first-order valence-corrected chi connectivity index (χ1v) is 20.8. The molecule has 2 unspecified atom stereocenters. The molecule has 3 rings (SSSR count). The van der Waals surface area contributed by atoms with Crippen LogP contribution in [0, 0.1) is 11.8 Å². The molecule has 0 saturated heterocycles. The Morgan fingerprint density at radius 2 is 0.788 bits per heavy atom. The third-order valence-electron chi connectivity index (χ3n) is 10.2. The summed E-state index contributed by atoms with van der Waals surface area (Å²) < 4.78 is 0. The average Bonchev–Trinajstić information content (AvgIpc) is 3.15. The fraction of sp³-hybridized carbons (Fsp3) is 0.609. The van der Waals surface area contributed by atoms with E-state index >= 15 is 0 Å². The van der Waals surface area contributed by atoms with Crippen molar-refractivity contribution in [2.75, 3.05) is 65.4 Å². The zero-order chi connectivity index (χ0) is 37.4. The van der Waals surface area contributed by atoms with E-state index in [0.717, 1.165) is 103 Å². The van der Waals surface area contributed by atoms with Gasteiger partial charge >= 0.3 is 0 Å². The SMILES string of the molecule is CCC(C)CNCCCNCCCNCc1ccc(-c2cc(-c3ccc(CNCCCNCCCNCC(C)CC)cc3)cc(C(C)(C)C)c2)cc1. The summed E-state index contributed by atoms with van der Waals surface area (Å²) in [6.07, 6.45) is 7.17. The van der Waals surface area contributed by atoms with E-state index in [2.05, 4.69) is 147 Å². The van der Waals surface area contributed by atoms with Crippen LogP contribution < -0.4 is 31.9 Å².